The quantitative estimate of drug-likeness (QED) is 0.862. The highest BCUT2D eigenvalue weighted by Gasteiger charge is 2.14. The molecule has 0 radical (unpaired) electrons. The number of aromatic nitrogens is 1. The first-order valence-corrected chi connectivity index (χ1v) is 6.95. The molecule has 0 spiro atoms. The summed E-state index contributed by atoms with van der Waals surface area (Å²) in [6, 6.07) is 3.42. The van der Waals surface area contributed by atoms with E-state index in [-0.39, 0.29) is 23.0 Å². The van der Waals surface area contributed by atoms with Gasteiger partial charge in [0.25, 0.3) is 0 Å². The maximum atomic E-state index is 12.4. The summed E-state index contributed by atoms with van der Waals surface area (Å²) in [4.78, 5) is 11.9. The van der Waals surface area contributed by atoms with Crippen LogP contribution in [-0.4, -0.2) is 17.8 Å². The van der Waals surface area contributed by atoms with Gasteiger partial charge in [-0.15, -0.1) is 0 Å². The van der Waals surface area contributed by atoms with E-state index >= 15 is 0 Å². The number of anilines is 1. The number of aryl methyl sites for hydroxylation is 2. The van der Waals surface area contributed by atoms with E-state index in [0.29, 0.717) is 11.5 Å². The minimum atomic E-state index is -3.03. The van der Waals surface area contributed by atoms with Crippen molar-refractivity contribution in [2.45, 2.75) is 27.0 Å². The molecule has 0 atom stereocenters. The maximum Gasteiger partial charge on any atom is 0.387 e. The lowest BCUT2D eigenvalue weighted by molar-refractivity contribution is -0.0493. The molecule has 6 nitrogen and oxygen atoms in total. The van der Waals surface area contributed by atoms with Gasteiger partial charge in [-0.05, 0) is 26.0 Å². The molecule has 2 N–H and O–H groups in total. The Kier molecular flexibility index (Phi) is 5.38. The van der Waals surface area contributed by atoms with E-state index in [9.17, 15) is 13.6 Å². The van der Waals surface area contributed by atoms with Gasteiger partial charge in [-0.3, -0.25) is 0 Å². The predicted octanol–water partition coefficient (Wildman–Crippen LogP) is 3.87. The second-order valence-corrected chi connectivity index (χ2v) is 5.07. The van der Waals surface area contributed by atoms with Gasteiger partial charge in [0.1, 0.15) is 5.76 Å². The largest absolute Gasteiger partial charge is 0.433 e. The van der Waals surface area contributed by atoms with E-state index in [2.05, 4.69) is 20.5 Å². The van der Waals surface area contributed by atoms with Crippen LogP contribution >= 0.6 is 11.6 Å². The summed E-state index contributed by atoms with van der Waals surface area (Å²) in [7, 11) is 0. The molecule has 0 fully saturated rings. The standard InChI is InChI=1S/C14H14ClF2N3O3/c1-7-10(8(2)23-20-7)6-18-14(21)19-11-4-3-9(15)5-12(11)22-13(16)17/h3-5,13H,6H2,1-2H3,(H2,18,19,21). The molecule has 2 amide bonds. The number of alkyl halides is 2. The summed E-state index contributed by atoms with van der Waals surface area (Å²) in [5.41, 5.74) is 1.49. The molecule has 0 aliphatic rings. The van der Waals surface area contributed by atoms with Crippen LogP contribution in [0.4, 0.5) is 19.3 Å². The monoisotopic (exact) mass is 345 g/mol. The van der Waals surface area contributed by atoms with Gasteiger partial charge in [0.05, 0.1) is 11.4 Å². The summed E-state index contributed by atoms with van der Waals surface area (Å²) in [5, 5.41) is 8.99. The van der Waals surface area contributed by atoms with Gasteiger partial charge in [-0.25, -0.2) is 4.79 Å². The summed E-state index contributed by atoms with van der Waals surface area (Å²) >= 11 is 5.73. The number of hydrogen-bond donors (Lipinski definition) is 2. The molecule has 0 unspecified atom stereocenters. The number of hydrogen-bond acceptors (Lipinski definition) is 4. The zero-order valence-electron chi connectivity index (χ0n) is 12.3. The maximum absolute atomic E-state index is 12.4. The zero-order valence-corrected chi connectivity index (χ0v) is 13.1. The van der Waals surface area contributed by atoms with Crippen molar-refractivity contribution in [3.8, 4) is 5.75 Å². The first-order valence-electron chi connectivity index (χ1n) is 6.57. The van der Waals surface area contributed by atoms with Crippen molar-refractivity contribution in [2.75, 3.05) is 5.32 Å². The second-order valence-electron chi connectivity index (χ2n) is 4.63. The Morgan fingerprint density at radius 3 is 2.78 bits per heavy atom. The molecule has 0 aliphatic heterocycles. The van der Waals surface area contributed by atoms with Crippen molar-refractivity contribution in [3.63, 3.8) is 0 Å². The van der Waals surface area contributed by atoms with Gasteiger partial charge >= 0.3 is 12.6 Å². The number of rotatable bonds is 5. The fourth-order valence-electron chi connectivity index (χ4n) is 1.88. The van der Waals surface area contributed by atoms with Crippen LogP contribution in [0.2, 0.25) is 5.02 Å². The molecule has 2 rings (SSSR count). The summed E-state index contributed by atoms with van der Waals surface area (Å²) in [6.07, 6.45) is 0. The fraction of sp³-hybridized carbons (Fsp3) is 0.286. The summed E-state index contributed by atoms with van der Waals surface area (Å²) in [6.45, 7) is 0.632. The molecule has 0 bridgehead atoms. The molecule has 1 aromatic heterocycles. The molecule has 9 heteroatoms. The molecule has 23 heavy (non-hydrogen) atoms. The summed E-state index contributed by atoms with van der Waals surface area (Å²) < 4.78 is 34.1. The molecule has 0 saturated carbocycles. The molecule has 1 heterocycles. The highest BCUT2D eigenvalue weighted by molar-refractivity contribution is 6.30. The van der Waals surface area contributed by atoms with Gasteiger partial charge in [0, 0.05) is 23.2 Å². The van der Waals surface area contributed by atoms with Crippen LogP contribution in [0, 0.1) is 13.8 Å². The van der Waals surface area contributed by atoms with Crippen LogP contribution in [0.1, 0.15) is 17.0 Å². The average molecular weight is 346 g/mol. The van der Waals surface area contributed by atoms with Crippen molar-refractivity contribution < 1.29 is 22.8 Å². The van der Waals surface area contributed by atoms with Crippen LogP contribution in [0.5, 0.6) is 5.75 Å². The van der Waals surface area contributed by atoms with E-state index < -0.39 is 12.6 Å². The lowest BCUT2D eigenvalue weighted by Crippen LogP contribution is -2.28. The fourth-order valence-corrected chi connectivity index (χ4v) is 2.04. The Bertz CT molecular complexity index is 687. The van der Waals surface area contributed by atoms with Crippen LogP contribution in [0.3, 0.4) is 0 Å². The molecule has 2 aromatic rings. The lowest BCUT2D eigenvalue weighted by Gasteiger charge is -2.13. The highest BCUT2D eigenvalue weighted by atomic mass is 35.5. The number of benzene rings is 1. The normalized spacial score (nSPS) is 10.7. The van der Waals surface area contributed by atoms with Crippen LogP contribution in [0.15, 0.2) is 22.7 Å². The van der Waals surface area contributed by atoms with Crippen LogP contribution in [-0.2, 0) is 6.54 Å². The molecule has 0 saturated heterocycles. The SMILES string of the molecule is Cc1noc(C)c1CNC(=O)Nc1ccc(Cl)cc1OC(F)F. The Balaban J connectivity index is 2.02. The number of carbonyl (C=O) groups is 1. The zero-order chi connectivity index (χ0) is 17.0. The number of amides is 2. The third-order valence-electron chi connectivity index (χ3n) is 3.01. The Labute approximate surface area is 135 Å². The van der Waals surface area contributed by atoms with Gasteiger partial charge < -0.3 is 19.9 Å². The number of ether oxygens (including phenoxy) is 1. The van der Waals surface area contributed by atoms with Crippen LogP contribution < -0.4 is 15.4 Å². The number of nitrogens with one attached hydrogen (secondary N) is 2. The van der Waals surface area contributed by atoms with Gasteiger partial charge in [-0.2, -0.15) is 8.78 Å². The van der Waals surface area contributed by atoms with E-state index in [0.717, 1.165) is 5.56 Å². The van der Waals surface area contributed by atoms with Gasteiger partial charge in [-0.1, -0.05) is 16.8 Å². The molecular weight excluding hydrogens is 332 g/mol. The Morgan fingerprint density at radius 1 is 1.43 bits per heavy atom. The number of halogens is 3. The van der Waals surface area contributed by atoms with Crippen molar-refractivity contribution in [2.24, 2.45) is 0 Å². The Hall–Kier alpha value is -2.35. The number of urea groups is 1. The van der Waals surface area contributed by atoms with Crippen molar-refractivity contribution in [3.05, 3.63) is 40.2 Å². The first kappa shape index (κ1) is 17.0. The molecule has 0 aliphatic carbocycles. The van der Waals surface area contributed by atoms with E-state index in [1.54, 1.807) is 13.8 Å². The van der Waals surface area contributed by atoms with Crippen molar-refractivity contribution in [1.82, 2.24) is 10.5 Å². The first-order chi connectivity index (χ1) is 10.9. The molecular formula is C14H14ClF2N3O3. The Morgan fingerprint density at radius 2 is 2.17 bits per heavy atom. The second kappa shape index (κ2) is 7.28. The molecule has 1 aromatic carbocycles. The number of nitrogens with zero attached hydrogens (tertiary/aromatic N) is 1. The van der Waals surface area contributed by atoms with Crippen molar-refractivity contribution in [1.29, 1.82) is 0 Å². The average Bonchev–Trinajstić information content (AvgIpc) is 2.78. The highest BCUT2D eigenvalue weighted by Crippen LogP contribution is 2.29. The van der Waals surface area contributed by atoms with Gasteiger partial charge in [0.15, 0.2) is 5.75 Å². The third kappa shape index (κ3) is 4.56. The predicted molar refractivity (Wildman–Crippen MR) is 79.9 cm³/mol. The smallest absolute Gasteiger partial charge is 0.387 e. The van der Waals surface area contributed by atoms with Gasteiger partial charge in [0.2, 0.25) is 0 Å². The minimum absolute atomic E-state index is 0.0750. The topological polar surface area (TPSA) is 76.4 Å². The lowest BCUT2D eigenvalue weighted by atomic mass is 10.2. The van der Waals surface area contributed by atoms with Crippen LogP contribution in [0.25, 0.3) is 0 Å². The van der Waals surface area contributed by atoms with E-state index in [1.807, 2.05) is 0 Å². The number of carbonyl (C=O) groups excluding carboxylic acids is 1. The van der Waals surface area contributed by atoms with E-state index in [1.165, 1.54) is 18.2 Å². The van der Waals surface area contributed by atoms with E-state index in [4.69, 9.17) is 16.1 Å². The third-order valence-corrected chi connectivity index (χ3v) is 3.25. The molecule has 124 valence electrons. The summed E-state index contributed by atoms with van der Waals surface area (Å²) in [5.74, 6) is 0.371. The van der Waals surface area contributed by atoms with Crippen molar-refractivity contribution >= 4 is 23.3 Å². The minimum Gasteiger partial charge on any atom is -0.433 e.